The molecule has 0 radical (unpaired) electrons. The van der Waals surface area contributed by atoms with Crippen molar-refractivity contribution in [2.24, 2.45) is 0 Å². The van der Waals surface area contributed by atoms with E-state index in [2.05, 4.69) is 4.72 Å². The molecule has 0 aliphatic rings. The number of anilines is 2. The molecule has 1 aromatic carbocycles. The molecule has 0 aromatic heterocycles. The normalized spacial score (nSPS) is 10.8. The summed E-state index contributed by atoms with van der Waals surface area (Å²) in [6.07, 6.45) is 0.533. The van der Waals surface area contributed by atoms with Gasteiger partial charge < -0.3 is 5.73 Å². The predicted molar refractivity (Wildman–Crippen MR) is 63.3 cm³/mol. The summed E-state index contributed by atoms with van der Waals surface area (Å²) >= 11 is 0. The predicted octanol–water partition coefficient (Wildman–Crippen LogP) is 1.29. The van der Waals surface area contributed by atoms with Gasteiger partial charge in [0.25, 0.3) is 0 Å². The second-order valence-electron chi connectivity index (χ2n) is 3.33. The van der Waals surface area contributed by atoms with E-state index in [0.29, 0.717) is 17.7 Å². The average molecular weight is 239 g/mol. The second kappa shape index (κ2) is 4.86. The first-order valence-corrected chi connectivity index (χ1v) is 6.44. The molecule has 0 spiro atoms. The van der Waals surface area contributed by atoms with Crippen molar-refractivity contribution >= 4 is 21.4 Å². The van der Waals surface area contributed by atoms with Gasteiger partial charge in [-0.2, -0.15) is 5.26 Å². The Bertz CT molecular complexity index is 517. The van der Waals surface area contributed by atoms with Gasteiger partial charge in [-0.3, -0.25) is 4.72 Å². The molecule has 0 bridgehead atoms. The van der Waals surface area contributed by atoms with Gasteiger partial charge >= 0.3 is 0 Å². The molecule has 0 unspecified atom stereocenters. The average Bonchev–Trinajstić information content (AvgIpc) is 2.20. The third kappa shape index (κ3) is 3.14. The van der Waals surface area contributed by atoms with E-state index in [-0.39, 0.29) is 11.4 Å². The van der Waals surface area contributed by atoms with Crippen molar-refractivity contribution in [3.05, 3.63) is 23.8 Å². The van der Waals surface area contributed by atoms with E-state index in [1.807, 2.05) is 6.07 Å². The molecule has 1 aromatic rings. The quantitative estimate of drug-likeness (QED) is 0.774. The third-order valence-electron chi connectivity index (χ3n) is 1.92. The van der Waals surface area contributed by atoms with Crippen LogP contribution in [0.25, 0.3) is 0 Å². The van der Waals surface area contributed by atoms with Crippen molar-refractivity contribution in [3.63, 3.8) is 0 Å². The third-order valence-corrected chi connectivity index (χ3v) is 3.40. The number of nitriles is 1. The fourth-order valence-corrected chi connectivity index (χ4v) is 2.37. The maximum Gasteiger partial charge on any atom is 0.232 e. The summed E-state index contributed by atoms with van der Waals surface area (Å²) in [5.74, 6) is 0.0481. The molecule has 6 heteroatoms. The number of hydrogen-bond donors (Lipinski definition) is 2. The molecule has 0 saturated heterocycles. The highest BCUT2D eigenvalue weighted by atomic mass is 32.2. The van der Waals surface area contributed by atoms with E-state index in [1.54, 1.807) is 6.92 Å². The Kier molecular flexibility index (Phi) is 3.74. The van der Waals surface area contributed by atoms with Gasteiger partial charge in [0.05, 0.1) is 28.8 Å². The maximum absolute atomic E-state index is 11.5. The zero-order valence-corrected chi connectivity index (χ0v) is 9.71. The summed E-state index contributed by atoms with van der Waals surface area (Å²) < 4.78 is 25.3. The summed E-state index contributed by atoms with van der Waals surface area (Å²) in [7, 11) is -3.34. The summed E-state index contributed by atoms with van der Waals surface area (Å²) in [4.78, 5) is 0. The fourth-order valence-electron chi connectivity index (χ4n) is 1.21. The minimum atomic E-state index is -3.34. The van der Waals surface area contributed by atoms with Crippen LogP contribution in [0.1, 0.15) is 18.9 Å². The van der Waals surface area contributed by atoms with E-state index in [0.717, 1.165) is 0 Å². The van der Waals surface area contributed by atoms with Crippen molar-refractivity contribution in [2.75, 3.05) is 16.2 Å². The molecular formula is C10H13N3O2S. The highest BCUT2D eigenvalue weighted by molar-refractivity contribution is 7.92. The number of benzene rings is 1. The van der Waals surface area contributed by atoms with Crippen molar-refractivity contribution in [1.82, 2.24) is 0 Å². The first-order valence-electron chi connectivity index (χ1n) is 4.78. The molecule has 3 N–H and O–H groups in total. The van der Waals surface area contributed by atoms with Gasteiger partial charge in [-0.15, -0.1) is 0 Å². The van der Waals surface area contributed by atoms with Crippen LogP contribution in [0.15, 0.2) is 18.2 Å². The Hall–Kier alpha value is -1.74. The SMILES string of the molecule is CCCS(=O)(=O)Nc1ccc(C#N)cc1N. The topological polar surface area (TPSA) is 96.0 Å². The zero-order valence-electron chi connectivity index (χ0n) is 8.90. The minimum Gasteiger partial charge on any atom is -0.397 e. The minimum absolute atomic E-state index is 0.0481. The first-order chi connectivity index (χ1) is 7.48. The first kappa shape index (κ1) is 12.3. The van der Waals surface area contributed by atoms with Gasteiger partial charge in [0.2, 0.25) is 10.0 Å². The van der Waals surface area contributed by atoms with Gasteiger partial charge in [0.1, 0.15) is 0 Å². The largest absolute Gasteiger partial charge is 0.397 e. The van der Waals surface area contributed by atoms with Gasteiger partial charge in [-0.1, -0.05) is 6.92 Å². The summed E-state index contributed by atoms with van der Waals surface area (Å²) in [6.45, 7) is 1.78. The van der Waals surface area contributed by atoms with Gasteiger partial charge in [-0.25, -0.2) is 8.42 Å². The van der Waals surface area contributed by atoms with Crippen LogP contribution >= 0.6 is 0 Å². The molecule has 0 heterocycles. The van der Waals surface area contributed by atoms with Crippen LogP contribution in [0.3, 0.4) is 0 Å². The number of nitrogens with zero attached hydrogens (tertiary/aromatic N) is 1. The molecule has 0 aliphatic carbocycles. The Labute approximate surface area is 94.9 Å². The van der Waals surface area contributed by atoms with E-state index in [9.17, 15) is 8.42 Å². The number of hydrogen-bond acceptors (Lipinski definition) is 4. The lowest BCUT2D eigenvalue weighted by Gasteiger charge is -2.09. The van der Waals surface area contributed by atoms with Crippen LogP contribution in [0.5, 0.6) is 0 Å². The van der Waals surface area contributed by atoms with Crippen molar-refractivity contribution in [1.29, 1.82) is 5.26 Å². The molecule has 1 rings (SSSR count). The number of nitrogen functional groups attached to an aromatic ring is 1. The number of sulfonamides is 1. The summed E-state index contributed by atoms with van der Waals surface area (Å²) in [6, 6.07) is 6.36. The molecular weight excluding hydrogens is 226 g/mol. The molecule has 86 valence electrons. The lowest BCUT2D eigenvalue weighted by molar-refractivity contribution is 0.600. The Morgan fingerprint density at radius 1 is 1.50 bits per heavy atom. The Morgan fingerprint density at radius 2 is 2.19 bits per heavy atom. The maximum atomic E-state index is 11.5. The van der Waals surface area contributed by atoms with Crippen LogP contribution in [0.4, 0.5) is 11.4 Å². The fraction of sp³-hybridized carbons (Fsp3) is 0.300. The lowest BCUT2D eigenvalue weighted by atomic mass is 10.2. The lowest BCUT2D eigenvalue weighted by Crippen LogP contribution is -2.17. The number of nitrogens with one attached hydrogen (secondary N) is 1. The van der Waals surface area contributed by atoms with Crippen LogP contribution < -0.4 is 10.5 Å². The van der Waals surface area contributed by atoms with Gasteiger partial charge in [0, 0.05) is 0 Å². The highest BCUT2D eigenvalue weighted by Crippen LogP contribution is 2.20. The van der Waals surface area contributed by atoms with E-state index in [1.165, 1.54) is 18.2 Å². The zero-order chi connectivity index (χ0) is 12.2. The highest BCUT2D eigenvalue weighted by Gasteiger charge is 2.10. The molecule has 0 fully saturated rings. The van der Waals surface area contributed by atoms with Gasteiger partial charge in [0.15, 0.2) is 0 Å². The van der Waals surface area contributed by atoms with E-state index >= 15 is 0 Å². The van der Waals surface area contributed by atoms with E-state index in [4.69, 9.17) is 11.0 Å². The van der Waals surface area contributed by atoms with Crippen molar-refractivity contribution < 1.29 is 8.42 Å². The standard InChI is InChI=1S/C10H13N3O2S/c1-2-5-16(14,15)13-10-4-3-8(7-11)6-9(10)12/h3-4,6,13H,2,5,12H2,1H3. The molecule has 0 aliphatic heterocycles. The van der Waals surface area contributed by atoms with Crippen LogP contribution in [-0.2, 0) is 10.0 Å². The van der Waals surface area contributed by atoms with Gasteiger partial charge in [-0.05, 0) is 24.6 Å². The van der Waals surface area contributed by atoms with Crippen LogP contribution in [0.2, 0.25) is 0 Å². The monoisotopic (exact) mass is 239 g/mol. The molecule has 0 saturated carbocycles. The molecule has 16 heavy (non-hydrogen) atoms. The van der Waals surface area contributed by atoms with Crippen molar-refractivity contribution in [3.8, 4) is 6.07 Å². The van der Waals surface area contributed by atoms with Crippen LogP contribution in [0, 0.1) is 11.3 Å². The summed E-state index contributed by atoms with van der Waals surface area (Å²) in [5.41, 5.74) is 6.58. The smallest absolute Gasteiger partial charge is 0.232 e. The summed E-state index contributed by atoms with van der Waals surface area (Å²) in [5, 5.41) is 8.63. The van der Waals surface area contributed by atoms with E-state index < -0.39 is 10.0 Å². The molecule has 5 nitrogen and oxygen atoms in total. The molecule has 0 amide bonds. The van der Waals surface area contributed by atoms with Crippen molar-refractivity contribution in [2.45, 2.75) is 13.3 Å². The number of rotatable bonds is 4. The number of nitrogens with two attached hydrogens (primary N) is 1. The molecule has 0 atom stereocenters. The Balaban J connectivity index is 2.96. The van der Waals surface area contributed by atoms with Crippen LogP contribution in [-0.4, -0.2) is 14.2 Å². The Morgan fingerprint density at radius 3 is 2.69 bits per heavy atom. The second-order valence-corrected chi connectivity index (χ2v) is 5.18.